The van der Waals surface area contributed by atoms with E-state index in [2.05, 4.69) is 0 Å². The zero-order chi connectivity index (χ0) is 14.6. The summed E-state index contributed by atoms with van der Waals surface area (Å²) in [6.07, 6.45) is 0. The smallest absolute Gasteiger partial charge is 0.199 e. The van der Waals surface area contributed by atoms with Crippen molar-refractivity contribution in [3.05, 3.63) is 51.5 Å². The Hall–Kier alpha value is -2.53. The van der Waals surface area contributed by atoms with Gasteiger partial charge in [0.05, 0.1) is 27.3 Å². The van der Waals surface area contributed by atoms with Crippen LogP contribution in [0.4, 0.5) is 11.4 Å². The van der Waals surface area contributed by atoms with Gasteiger partial charge in [0.25, 0.3) is 0 Å². The van der Waals surface area contributed by atoms with Crippen LogP contribution in [0, 0.1) is 0 Å². The van der Waals surface area contributed by atoms with Crippen LogP contribution in [0.15, 0.2) is 24.3 Å². The first-order valence-electron chi connectivity index (χ1n) is 5.72. The fourth-order valence-electron chi connectivity index (χ4n) is 2.39. The largest absolute Gasteiger partial charge is 0.507 e. The second-order valence-corrected chi connectivity index (χ2v) is 4.88. The van der Waals surface area contributed by atoms with Gasteiger partial charge in [-0.25, -0.2) is 0 Å². The van der Waals surface area contributed by atoms with Gasteiger partial charge in [-0.05, 0) is 24.3 Å². The van der Waals surface area contributed by atoms with Gasteiger partial charge in [0, 0.05) is 11.4 Å². The Bertz CT molecular complexity index is 670. The summed E-state index contributed by atoms with van der Waals surface area (Å²) in [7, 11) is 0. The highest BCUT2D eigenvalue weighted by Crippen LogP contribution is 2.40. The lowest BCUT2D eigenvalue weighted by molar-refractivity contribution is 0.0978. The molecule has 0 aliphatic heterocycles. The normalized spacial score (nSPS) is 13.1. The molecule has 20 heavy (non-hydrogen) atoms. The number of nitrogens with two attached hydrogens (primary N) is 2. The number of carbonyl (C=O) groups is 2. The monoisotopic (exact) mass is 288 g/mol. The molecule has 0 spiro atoms. The van der Waals surface area contributed by atoms with Gasteiger partial charge in [0.15, 0.2) is 11.6 Å². The molecule has 5 N–H and O–H groups in total. The maximum Gasteiger partial charge on any atom is 0.199 e. The van der Waals surface area contributed by atoms with Crippen LogP contribution in [0.3, 0.4) is 0 Å². The van der Waals surface area contributed by atoms with Crippen LogP contribution >= 0.6 is 11.6 Å². The first-order valence-corrected chi connectivity index (χ1v) is 6.10. The van der Waals surface area contributed by atoms with Gasteiger partial charge < -0.3 is 16.6 Å². The van der Waals surface area contributed by atoms with Crippen LogP contribution in [0.5, 0.6) is 5.75 Å². The molecule has 0 unspecified atom stereocenters. The summed E-state index contributed by atoms with van der Waals surface area (Å²) >= 11 is 5.99. The van der Waals surface area contributed by atoms with E-state index in [0.29, 0.717) is 0 Å². The van der Waals surface area contributed by atoms with Crippen LogP contribution < -0.4 is 11.5 Å². The molecule has 0 radical (unpaired) electrons. The van der Waals surface area contributed by atoms with Crippen molar-refractivity contribution in [1.82, 2.24) is 0 Å². The van der Waals surface area contributed by atoms with E-state index in [1.807, 2.05) is 0 Å². The molecule has 2 aromatic carbocycles. The van der Waals surface area contributed by atoms with E-state index in [0.717, 1.165) is 0 Å². The van der Waals surface area contributed by atoms with Crippen LogP contribution in [0.1, 0.15) is 31.8 Å². The molecule has 1 aliphatic carbocycles. The predicted molar refractivity (Wildman–Crippen MR) is 75.2 cm³/mol. The fourth-order valence-corrected chi connectivity index (χ4v) is 2.64. The van der Waals surface area contributed by atoms with Crippen LogP contribution in [-0.2, 0) is 0 Å². The number of aromatic hydroxyl groups is 1. The molecule has 0 saturated heterocycles. The summed E-state index contributed by atoms with van der Waals surface area (Å²) in [6, 6.07) is 5.53. The van der Waals surface area contributed by atoms with E-state index < -0.39 is 11.6 Å². The molecule has 1 aliphatic rings. The van der Waals surface area contributed by atoms with Gasteiger partial charge in [-0.2, -0.15) is 0 Å². The van der Waals surface area contributed by atoms with Crippen LogP contribution in [0.2, 0.25) is 5.02 Å². The second kappa shape index (κ2) is 3.98. The average molecular weight is 289 g/mol. The maximum absolute atomic E-state index is 12.5. The highest BCUT2D eigenvalue weighted by molar-refractivity contribution is 6.40. The number of carbonyl (C=O) groups excluding carboxylic acids is 2. The number of nitrogen functional groups attached to an aromatic ring is 2. The third-order valence-corrected chi connectivity index (χ3v) is 3.63. The zero-order valence-electron chi connectivity index (χ0n) is 10.1. The number of ketones is 2. The first-order chi connectivity index (χ1) is 9.43. The van der Waals surface area contributed by atoms with Crippen molar-refractivity contribution in [3.8, 4) is 5.75 Å². The van der Waals surface area contributed by atoms with Crippen molar-refractivity contribution in [2.24, 2.45) is 0 Å². The number of rotatable bonds is 0. The zero-order valence-corrected chi connectivity index (χ0v) is 10.9. The van der Waals surface area contributed by atoms with E-state index in [4.69, 9.17) is 23.1 Å². The molecule has 0 amide bonds. The Balaban J connectivity index is 2.46. The van der Waals surface area contributed by atoms with Crippen molar-refractivity contribution >= 4 is 34.5 Å². The van der Waals surface area contributed by atoms with E-state index in [-0.39, 0.29) is 44.4 Å². The molecule has 0 bridgehead atoms. The van der Waals surface area contributed by atoms with Gasteiger partial charge in [-0.1, -0.05) is 11.6 Å². The lowest BCUT2D eigenvalue weighted by Gasteiger charge is -2.21. The topological polar surface area (TPSA) is 106 Å². The number of benzene rings is 2. The first kappa shape index (κ1) is 12.5. The van der Waals surface area contributed by atoms with Crippen LogP contribution in [-0.4, -0.2) is 16.7 Å². The average Bonchev–Trinajstić information content (AvgIpc) is 2.41. The molecule has 5 nitrogen and oxygen atoms in total. The van der Waals surface area contributed by atoms with Crippen molar-refractivity contribution in [2.45, 2.75) is 0 Å². The third-order valence-electron chi connectivity index (χ3n) is 3.31. The van der Waals surface area contributed by atoms with Gasteiger partial charge in [-0.15, -0.1) is 0 Å². The van der Waals surface area contributed by atoms with E-state index in [9.17, 15) is 14.7 Å². The number of halogens is 1. The van der Waals surface area contributed by atoms with Gasteiger partial charge in [0.2, 0.25) is 0 Å². The summed E-state index contributed by atoms with van der Waals surface area (Å²) in [5.41, 5.74) is 11.7. The molecule has 6 heteroatoms. The Morgan fingerprint density at radius 1 is 0.800 bits per heavy atom. The minimum absolute atomic E-state index is 0.00469. The highest BCUT2D eigenvalue weighted by atomic mass is 35.5. The Labute approximate surface area is 118 Å². The van der Waals surface area contributed by atoms with E-state index in [1.54, 1.807) is 0 Å². The predicted octanol–water partition coefficient (Wildman–Crippen LogP) is 1.99. The summed E-state index contributed by atoms with van der Waals surface area (Å²) in [4.78, 5) is 25.0. The lowest BCUT2D eigenvalue weighted by atomic mass is 9.82. The third kappa shape index (κ3) is 1.44. The minimum Gasteiger partial charge on any atom is -0.507 e. The standard InChI is InChI=1S/C14H9ClN2O3/c15-5-1-2-6(16)10-9(5)13(19)12-8(18)4-3-7(17)11(12)14(10)20/h1-4,18H,16-17H2. The lowest BCUT2D eigenvalue weighted by Crippen LogP contribution is -2.24. The summed E-state index contributed by atoms with van der Waals surface area (Å²) in [5, 5.41) is 9.96. The summed E-state index contributed by atoms with van der Waals surface area (Å²) in [5.74, 6) is -1.38. The van der Waals surface area contributed by atoms with Crippen molar-refractivity contribution in [1.29, 1.82) is 0 Å². The number of phenols is 1. The number of fused-ring (bicyclic) bond motifs is 2. The van der Waals surface area contributed by atoms with Crippen molar-refractivity contribution in [3.63, 3.8) is 0 Å². The fraction of sp³-hybridized carbons (Fsp3) is 0. The molecular weight excluding hydrogens is 280 g/mol. The quantitative estimate of drug-likeness (QED) is 0.433. The van der Waals surface area contributed by atoms with Crippen molar-refractivity contribution < 1.29 is 14.7 Å². The Morgan fingerprint density at radius 3 is 1.95 bits per heavy atom. The van der Waals surface area contributed by atoms with Crippen molar-refractivity contribution in [2.75, 3.05) is 11.5 Å². The Kier molecular flexibility index (Phi) is 2.49. The SMILES string of the molecule is Nc1ccc(O)c2c1C(=O)c1c(N)ccc(Cl)c1C2=O. The van der Waals surface area contributed by atoms with E-state index in [1.165, 1.54) is 24.3 Å². The number of hydrogen-bond acceptors (Lipinski definition) is 5. The minimum atomic E-state index is -0.559. The molecule has 2 aromatic rings. The summed E-state index contributed by atoms with van der Waals surface area (Å²) < 4.78 is 0. The second-order valence-electron chi connectivity index (χ2n) is 4.47. The number of anilines is 2. The molecular formula is C14H9ClN2O3. The molecule has 0 heterocycles. The molecule has 3 rings (SSSR count). The highest BCUT2D eigenvalue weighted by Gasteiger charge is 2.36. The molecule has 0 saturated carbocycles. The molecule has 100 valence electrons. The van der Waals surface area contributed by atoms with Gasteiger partial charge >= 0.3 is 0 Å². The van der Waals surface area contributed by atoms with Crippen LogP contribution in [0.25, 0.3) is 0 Å². The number of hydrogen-bond donors (Lipinski definition) is 3. The molecule has 0 fully saturated rings. The number of phenolic OH excluding ortho intramolecular Hbond substituents is 1. The molecule has 0 atom stereocenters. The Morgan fingerprint density at radius 2 is 1.30 bits per heavy atom. The van der Waals surface area contributed by atoms with E-state index >= 15 is 0 Å². The summed E-state index contributed by atoms with van der Waals surface area (Å²) in [6.45, 7) is 0. The molecule has 0 aromatic heterocycles. The maximum atomic E-state index is 12.5. The van der Waals surface area contributed by atoms with Gasteiger partial charge in [-0.3, -0.25) is 9.59 Å². The van der Waals surface area contributed by atoms with Gasteiger partial charge in [0.1, 0.15) is 5.75 Å².